The quantitative estimate of drug-likeness (QED) is 0.869. The Labute approximate surface area is 140 Å². The summed E-state index contributed by atoms with van der Waals surface area (Å²) in [7, 11) is 0. The molecule has 0 aliphatic carbocycles. The summed E-state index contributed by atoms with van der Waals surface area (Å²) in [5, 5.41) is 4.00. The van der Waals surface area contributed by atoms with E-state index >= 15 is 0 Å². The van der Waals surface area contributed by atoms with Crippen LogP contribution in [0.4, 0.5) is 0 Å². The van der Waals surface area contributed by atoms with Crippen LogP contribution in [0.15, 0.2) is 47.2 Å². The van der Waals surface area contributed by atoms with Crippen molar-refractivity contribution in [2.75, 3.05) is 19.6 Å². The lowest BCUT2D eigenvalue weighted by atomic mass is 10.0. The number of rotatable bonds is 3. The Hall–Kier alpha value is -2.14. The van der Waals surface area contributed by atoms with E-state index in [1.165, 1.54) is 0 Å². The van der Waals surface area contributed by atoms with Crippen molar-refractivity contribution in [1.29, 1.82) is 0 Å². The monoisotopic (exact) mass is 328 g/mol. The summed E-state index contributed by atoms with van der Waals surface area (Å²) in [6.45, 7) is 3.35. The second-order valence-electron chi connectivity index (χ2n) is 5.79. The number of carbonyl (C=O) groups is 2. The number of benzene rings is 1. The van der Waals surface area contributed by atoms with Crippen LogP contribution in [0, 0.1) is 0 Å². The van der Waals surface area contributed by atoms with Crippen molar-refractivity contribution in [2.45, 2.75) is 19.4 Å². The fraction of sp³-hybridized carbons (Fsp3) is 0.333. The van der Waals surface area contributed by atoms with Gasteiger partial charge in [-0.25, -0.2) is 0 Å². The standard InChI is InChI=1S/C18H20N2O2S/c1-14(21)20-9-8-19(18(22)11-15-7-10-23-13-15)12-17(20)16-5-3-2-4-6-16/h2-7,10,13,17H,8-9,11-12H2,1H3/t17-/m0/s1. The van der Waals surface area contributed by atoms with E-state index in [-0.39, 0.29) is 17.9 Å². The highest BCUT2D eigenvalue weighted by atomic mass is 32.1. The fourth-order valence-corrected chi connectivity index (χ4v) is 3.70. The summed E-state index contributed by atoms with van der Waals surface area (Å²) in [4.78, 5) is 28.2. The van der Waals surface area contributed by atoms with E-state index in [1.807, 2.05) is 57.0 Å². The van der Waals surface area contributed by atoms with E-state index in [4.69, 9.17) is 0 Å². The number of thiophene rings is 1. The van der Waals surface area contributed by atoms with Crippen molar-refractivity contribution < 1.29 is 9.59 Å². The Morgan fingerprint density at radius 2 is 1.96 bits per heavy atom. The van der Waals surface area contributed by atoms with Crippen LogP contribution in [0.2, 0.25) is 0 Å². The second kappa shape index (κ2) is 6.96. The van der Waals surface area contributed by atoms with Crippen molar-refractivity contribution in [2.24, 2.45) is 0 Å². The molecular formula is C18H20N2O2S. The predicted molar refractivity (Wildman–Crippen MR) is 91.2 cm³/mol. The molecule has 0 spiro atoms. The lowest BCUT2D eigenvalue weighted by molar-refractivity contribution is -0.141. The summed E-state index contributed by atoms with van der Waals surface area (Å²) < 4.78 is 0. The van der Waals surface area contributed by atoms with E-state index in [0.29, 0.717) is 26.1 Å². The molecule has 4 nitrogen and oxygen atoms in total. The second-order valence-corrected chi connectivity index (χ2v) is 6.57. The zero-order valence-corrected chi connectivity index (χ0v) is 14.0. The molecule has 2 amide bonds. The molecule has 120 valence electrons. The molecule has 1 aromatic heterocycles. The van der Waals surface area contributed by atoms with Gasteiger partial charge >= 0.3 is 0 Å². The first-order chi connectivity index (χ1) is 11.1. The van der Waals surface area contributed by atoms with E-state index in [1.54, 1.807) is 18.3 Å². The van der Waals surface area contributed by atoms with Gasteiger partial charge in [-0.3, -0.25) is 9.59 Å². The normalized spacial score (nSPS) is 18.0. The summed E-state index contributed by atoms with van der Waals surface area (Å²) >= 11 is 1.61. The molecule has 3 rings (SSSR count). The number of amides is 2. The molecule has 0 N–H and O–H groups in total. The van der Waals surface area contributed by atoms with Crippen LogP contribution in [0.3, 0.4) is 0 Å². The molecule has 0 bridgehead atoms. The van der Waals surface area contributed by atoms with Gasteiger partial charge in [-0.1, -0.05) is 30.3 Å². The smallest absolute Gasteiger partial charge is 0.227 e. The Morgan fingerprint density at radius 1 is 1.17 bits per heavy atom. The SMILES string of the molecule is CC(=O)N1CCN(C(=O)Cc2ccsc2)C[C@H]1c1ccccc1. The minimum absolute atomic E-state index is 0.0591. The molecule has 2 heterocycles. The molecule has 1 aromatic carbocycles. The minimum atomic E-state index is -0.0612. The molecule has 1 aliphatic rings. The Bertz CT molecular complexity index is 670. The van der Waals surface area contributed by atoms with Crippen LogP contribution in [0.25, 0.3) is 0 Å². The van der Waals surface area contributed by atoms with Gasteiger partial charge in [0, 0.05) is 26.6 Å². The van der Waals surface area contributed by atoms with Gasteiger partial charge in [-0.15, -0.1) is 0 Å². The van der Waals surface area contributed by atoms with Crippen LogP contribution < -0.4 is 0 Å². The molecule has 1 atom stereocenters. The first-order valence-electron chi connectivity index (χ1n) is 7.76. The van der Waals surface area contributed by atoms with Gasteiger partial charge in [0.1, 0.15) is 0 Å². The number of nitrogens with zero attached hydrogens (tertiary/aromatic N) is 2. The maximum atomic E-state index is 12.5. The van der Waals surface area contributed by atoms with Crippen molar-refractivity contribution >= 4 is 23.2 Å². The zero-order valence-electron chi connectivity index (χ0n) is 13.1. The summed E-state index contributed by atoms with van der Waals surface area (Å²) in [6, 6.07) is 11.9. The van der Waals surface area contributed by atoms with Crippen LogP contribution in [0.5, 0.6) is 0 Å². The van der Waals surface area contributed by atoms with Gasteiger partial charge < -0.3 is 9.80 Å². The molecular weight excluding hydrogens is 308 g/mol. The molecule has 0 radical (unpaired) electrons. The van der Waals surface area contributed by atoms with Crippen molar-refractivity contribution in [3.05, 3.63) is 58.3 Å². The number of carbonyl (C=O) groups excluding carboxylic acids is 2. The van der Waals surface area contributed by atoms with E-state index in [9.17, 15) is 9.59 Å². The number of hydrogen-bond acceptors (Lipinski definition) is 3. The third-order valence-electron chi connectivity index (χ3n) is 4.26. The van der Waals surface area contributed by atoms with Gasteiger partial charge in [0.25, 0.3) is 0 Å². The summed E-state index contributed by atoms with van der Waals surface area (Å²) in [5.41, 5.74) is 2.14. The molecule has 5 heteroatoms. The lowest BCUT2D eigenvalue weighted by Crippen LogP contribution is -2.52. The van der Waals surface area contributed by atoms with Crippen LogP contribution in [-0.4, -0.2) is 41.2 Å². The molecule has 2 aromatic rings. The number of hydrogen-bond donors (Lipinski definition) is 0. The predicted octanol–water partition coefficient (Wildman–Crippen LogP) is 2.72. The Balaban J connectivity index is 1.75. The zero-order chi connectivity index (χ0) is 16.2. The average molecular weight is 328 g/mol. The average Bonchev–Trinajstić information content (AvgIpc) is 3.08. The first kappa shape index (κ1) is 15.7. The summed E-state index contributed by atoms with van der Waals surface area (Å²) in [5.74, 6) is 0.191. The molecule has 1 fully saturated rings. The third-order valence-corrected chi connectivity index (χ3v) is 4.99. The molecule has 1 saturated heterocycles. The Kier molecular flexibility index (Phi) is 4.76. The van der Waals surface area contributed by atoms with Gasteiger partial charge in [-0.2, -0.15) is 11.3 Å². The van der Waals surface area contributed by atoms with Crippen LogP contribution in [0.1, 0.15) is 24.1 Å². The molecule has 1 aliphatic heterocycles. The van der Waals surface area contributed by atoms with E-state index in [0.717, 1.165) is 11.1 Å². The lowest BCUT2D eigenvalue weighted by Gasteiger charge is -2.41. The molecule has 0 saturated carbocycles. The van der Waals surface area contributed by atoms with Gasteiger partial charge in [0.15, 0.2) is 0 Å². The van der Waals surface area contributed by atoms with Crippen LogP contribution >= 0.6 is 11.3 Å². The minimum Gasteiger partial charge on any atom is -0.338 e. The largest absolute Gasteiger partial charge is 0.338 e. The highest BCUT2D eigenvalue weighted by Crippen LogP contribution is 2.26. The van der Waals surface area contributed by atoms with Gasteiger partial charge in [-0.05, 0) is 28.0 Å². The highest BCUT2D eigenvalue weighted by molar-refractivity contribution is 7.08. The van der Waals surface area contributed by atoms with Crippen LogP contribution in [-0.2, 0) is 16.0 Å². The highest BCUT2D eigenvalue weighted by Gasteiger charge is 2.31. The van der Waals surface area contributed by atoms with Crippen molar-refractivity contribution in [3.8, 4) is 0 Å². The third kappa shape index (κ3) is 3.62. The fourth-order valence-electron chi connectivity index (χ4n) is 3.03. The topological polar surface area (TPSA) is 40.6 Å². The Morgan fingerprint density at radius 3 is 2.61 bits per heavy atom. The molecule has 0 unspecified atom stereocenters. The van der Waals surface area contributed by atoms with E-state index < -0.39 is 0 Å². The molecule has 23 heavy (non-hydrogen) atoms. The number of piperazine rings is 1. The summed E-state index contributed by atoms with van der Waals surface area (Å²) in [6.07, 6.45) is 0.436. The first-order valence-corrected chi connectivity index (χ1v) is 8.70. The van der Waals surface area contributed by atoms with Crippen molar-refractivity contribution in [1.82, 2.24) is 9.80 Å². The van der Waals surface area contributed by atoms with Gasteiger partial charge in [0.05, 0.1) is 12.5 Å². The van der Waals surface area contributed by atoms with E-state index in [2.05, 4.69) is 0 Å². The maximum absolute atomic E-state index is 12.5. The van der Waals surface area contributed by atoms with Gasteiger partial charge in [0.2, 0.25) is 11.8 Å². The van der Waals surface area contributed by atoms with Crippen molar-refractivity contribution in [3.63, 3.8) is 0 Å². The maximum Gasteiger partial charge on any atom is 0.227 e.